The van der Waals surface area contributed by atoms with Crippen LogP contribution in [0.4, 0.5) is 10.1 Å². The Morgan fingerprint density at radius 1 is 0.897 bits per heavy atom. The quantitative estimate of drug-likeness (QED) is 0.225. The number of anilines is 1. The van der Waals surface area contributed by atoms with Gasteiger partial charge in [0.1, 0.15) is 22.7 Å². The summed E-state index contributed by atoms with van der Waals surface area (Å²) < 4.78 is 25.3. The molecule has 0 saturated carbocycles. The average Bonchev–Trinajstić information content (AvgIpc) is 3.54. The first kappa shape index (κ1) is 24.5. The first-order valence-electron chi connectivity index (χ1n) is 12.8. The van der Waals surface area contributed by atoms with E-state index in [4.69, 9.17) is 9.15 Å². The summed E-state index contributed by atoms with van der Waals surface area (Å²) in [5, 5.41) is 1.79. The number of carbonyl (C=O) groups is 1. The van der Waals surface area contributed by atoms with Crippen LogP contribution in [0, 0.1) is 5.82 Å². The van der Waals surface area contributed by atoms with Crippen molar-refractivity contribution in [3.63, 3.8) is 0 Å². The van der Waals surface area contributed by atoms with Gasteiger partial charge in [-0.05, 0) is 66.6 Å². The number of H-pyrrole nitrogens is 1. The summed E-state index contributed by atoms with van der Waals surface area (Å²) >= 11 is 0. The van der Waals surface area contributed by atoms with Crippen LogP contribution >= 0.6 is 0 Å². The minimum Gasteiger partial charge on any atom is -0.462 e. The third-order valence-electron chi connectivity index (χ3n) is 6.89. The summed E-state index contributed by atoms with van der Waals surface area (Å²) in [4.78, 5) is 18.7. The molecule has 0 unspecified atom stereocenters. The zero-order valence-electron chi connectivity index (χ0n) is 21.9. The molecule has 6 rings (SSSR count). The minimum absolute atomic E-state index is 0.226. The van der Waals surface area contributed by atoms with Crippen molar-refractivity contribution in [2.24, 2.45) is 0 Å². The van der Waals surface area contributed by atoms with Gasteiger partial charge in [-0.15, -0.1) is 0 Å². The summed E-state index contributed by atoms with van der Waals surface area (Å²) in [5.41, 5.74) is 7.53. The van der Waals surface area contributed by atoms with E-state index < -0.39 is 5.97 Å². The summed E-state index contributed by atoms with van der Waals surface area (Å²) in [5.74, 6) is -0.484. The second kappa shape index (κ2) is 9.80. The van der Waals surface area contributed by atoms with E-state index in [1.165, 1.54) is 12.1 Å². The number of hydrogen-bond acceptors (Lipinski definition) is 4. The number of aromatic amines is 1. The van der Waals surface area contributed by atoms with Crippen LogP contribution in [0.15, 0.2) is 95.4 Å². The number of rotatable bonds is 6. The van der Waals surface area contributed by atoms with Crippen molar-refractivity contribution in [2.75, 3.05) is 25.6 Å². The number of ether oxygens (including phenoxy) is 1. The standard InChI is InChI=1S/C33H27FN2O3/c1-4-38-33(37)31-26-18-25(21-9-7-10-22(16-21)28-17-23-8-5-6-11-27(23)35-28)29(36(2)3)19-30(26)39-32(31)20-12-14-24(34)15-13-20/h5-19,35H,4H2,1-3H3. The third-order valence-corrected chi connectivity index (χ3v) is 6.89. The highest BCUT2D eigenvalue weighted by Gasteiger charge is 2.25. The number of nitrogens with zero attached hydrogens (tertiary/aromatic N) is 1. The third kappa shape index (κ3) is 4.44. The predicted octanol–water partition coefficient (Wildman–Crippen LogP) is 8.30. The molecular formula is C33H27FN2O3. The molecule has 6 aromatic rings. The van der Waals surface area contributed by atoms with Gasteiger partial charge in [0.05, 0.1) is 6.61 Å². The van der Waals surface area contributed by atoms with E-state index in [0.717, 1.165) is 39.0 Å². The van der Waals surface area contributed by atoms with Crippen molar-refractivity contribution in [1.29, 1.82) is 0 Å². The molecule has 0 aliphatic carbocycles. The molecule has 0 radical (unpaired) electrons. The summed E-state index contributed by atoms with van der Waals surface area (Å²) in [6.45, 7) is 1.99. The lowest BCUT2D eigenvalue weighted by Crippen LogP contribution is -2.10. The fourth-order valence-corrected chi connectivity index (χ4v) is 5.03. The van der Waals surface area contributed by atoms with Gasteiger partial charge in [-0.3, -0.25) is 0 Å². The second-order valence-corrected chi connectivity index (χ2v) is 9.64. The van der Waals surface area contributed by atoms with Gasteiger partial charge in [-0.25, -0.2) is 9.18 Å². The van der Waals surface area contributed by atoms with Gasteiger partial charge in [-0.1, -0.05) is 36.4 Å². The molecule has 0 saturated heterocycles. The van der Waals surface area contributed by atoms with E-state index in [1.54, 1.807) is 19.1 Å². The molecule has 194 valence electrons. The number of aromatic nitrogens is 1. The summed E-state index contributed by atoms with van der Waals surface area (Å²) in [7, 11) is 3.95. The molecule has 0 bridgehead atoms. The topological polar surface area (TPSA) is 58.5 Å². The number of nitrogens with one attached hydrogen (secondary N) is 1. The van der Waals surface area contributed by atoms with Crippen LogP contribution in [0.25, 0.3) is 55.6 Å². The highest BCUT2D eigenvalue weighted by atomic mass is 19.1. The summed E-state index contributed by atoms with van der Waals surface area (Å²) in [6.07, 6.45) is 0. The molecule has 0 amide bonds. The lowest BCUT2D eigenvalue weighted by Gasteiger charge is -2.18. The van der Waals surface area contributed by atoms with Gasteiger partial charge in [0.25, 0.3) is 0 Å². The Labute approximate surface area is 225 Å². The first-order chi connectivity index (χ1) is 18.9. The van der Waals surface area contributed by atoms with E-state index in [9.17, 15) is 9.18 Å². The van der Waals surface area contributed by atoms with Crippen molar-refractivity contribution in [2.45, 2.75) is 6.92 Å². The van der Waals surface area contributed by atoms with E-state index >= 15 is 0 Å². The van der Waals surface area contributed by atoms with Crippen LogP contribution in [0.5, 0.6) is 0 Å². The number of hydrogen-bond donors (Lipinski definition) is 1. The van der Waals surface area contributed by atoms with Crippen LogP contribution in [-0.4, -0.2) is 31.7 Å². The van der Waals surface area contributed by atoms with E-state index in [1.807, 2.05) is 49.3 Å². The Morgan fingerprint density at radius 3 is 2.41 bits per heavy atom. The van der Waals surface area contributed by atoms with E-state index in [0.29, 0.717) is 27.9 Å². The fourth-order valence-electron chi connectivity index (χ4n) is 5.03. The molecule has 5 nitrogen and oxygen atoms in total. The maximum atomic E-state index is 13.7. The van der Waals surface area contributed by atoms with Crippen molar-refractivity contribution in [1.82, 2.24) is 4.98 Å². The second-order valence-electron chi connectivity index (χ2n) is 9.64. The molecule has 0 atom stereocenters. The van der Waals surface area contributed by atoms with Crippen molar-refractivity contribution >= 4 is 33.5 Å². The highest BCUT2D eigenvalue weighted by Crippen LogP contribution is 2.41. The number of benzene rings is 4. The predicted molar refractivity (Wildman–Crippen MR) is 155 cm³/mol. The largest absolute Gasteiger partial charge is 0.462 e. The Balaban J connectivity index is 1.55. The summed E-state index contributed by atoms with van der Waals surface area (Å²) in [6, 6.07) is 28.5. The maximum absolute atomic E-state index is 13.7. The monoisotopic (exact) mass is 518 g/mol. The van der Waals surface area contributed by atoms with Crippen LogP contribution in [0.2, 0.25) is 0 Å². The molecule has 0 aliphatic rings. The highest BCUT2D eigenvalue weighted by molar-refractivity contribution is 6.11. The van der Waals surface area contributed by atoms with Gasteiger partial charge >= 0.3 is 5.97 Å². The smallest absolute Gasteiger partial charge is 0.342 e. The van der Waals surface area contributed by atoms with E-state index in [2.05, 4.69) is 41.4 Å². The molecule has 2 heterocycles. The van der Waals surface area contributed by atoms with Crippen molar-refractivity contribution < 1.29 is 18.3 Å². The number of halogens is 1. The average molecular weight is 519 g/mol. The molecule has 0 aliphatic heterocycles. The minimum atomic E-state index is -0.481. The molecule has 0 fully saturated rings. The van der Waals surface area contributed by atoms with Crippen LogP contribution < -0.4 is 4.90 Å². The molecule has 0 spiro atoms. The number of furan rings is 1. The number of esters is 1. The molecule has 39 heavy (non-hydrogen) atoms. The van der Waals surface area contributed by atoms with Crippen molar-refractivity contribution in [3.8, 4) is 33.7 Å². The van der Waals surface area contributed by atoms with Gasteiger partial charge in [0.2, 0.25) is 0 Å². The zero-order valence-corrected chi connectivity index (χ0v) is 21.9. The SMILES string of the molecule is CCOC(=O)c1c(-c2ccc(F)cc2)oc2cc(N(C)C)c(-c3cccc(-c4cc5ccccc5[nH]4)c3)cc12. The molecular weight excluding hydrogens is 491 g/mol. The first-order valence-corrected chi connectivity index (χ1v) is 12.8. The van der Waals surface area contributed by atoms with Crippen LogP contribution in [0.1, 0.15) is 17.3 Å². The molecule has 4 aromatic carbocycles. The van der Waals surface area contributed by atoms with Crippen LogP contribution in [-0.2, 0) is 4.74 Å². The molecule has 6 heteroatoms. The normalized spacial score (nSPS) is 11.3. The number of carbonyl (C=O) groups excluding carboxylic acids is 1. The molecule has 2 aromatic heterocycles. The Kier molecular flexibility index (Phi) is 6.15. The molecule has 1 N–H and O–H groups in total. The Hall–Kier alpha value is -4.84. The van der Waals surface area contributed by atoms with Gasteiger partial charge < -0.3 is 19.0 Å². The zero-order chi connectivity index (χ0) is 27.1. The lowest BCUT2D eigenvalue weighted by atomic mass is 9.96. The number of para-hydroxylation sites is 1. The lowest BCUT2D eigenvalue weighted by molar-refractivity contribution is 0.0528. The van der Waals surface area contributed by atoms with Gasteiger partial charge in [0.15, 0.2) is 0 Å². The maximum Gasteiger partial charge on any atom is 0.342 e. The van der Waals surface area contributed by atoms with E-state index in [-0.39, 0.29) is 12.4 Å². The van der Waals surface area contributed by atoms with Crippen molar-refractivity contribution in [3.05, 3.63) is 102 Å². The number of fused-ring (bicyclic) bond motifs is 2. The fraction of sp³-hybridized carbons (Fsp3) is 0.121. The van der Waals surface area contributed by atoms with Crippen LogP contribution in [0.3, 0.4) is 0 Å². The van der Waals surface area contributed by atoms with Gasteiger partial charge in [-0.2, -0.15) is 0 Å². The van der Waals surface area contributed by atoms with Gasteiger partial charge in [0, 0.05) is 59.0 Å². The Bertz CT molecular complexity index is 1800. The Morgan fingerprint density at radius 2 is 1.67 bits per heavy atom.